The van der Waals surface area contributed by atoms with Crippen LogP contribution in [0.25, 0.3) is 0 Å². The van der Waals surface area contributed by atoms with Crippen LogP contribution in [0.5, 0.6) is 0 Å². The molecule has 4 nitrogen and oxygen atoms in total. The third-order valence-electron chi connectivity index (χ3n) is 3.77. The highest BCUT2D eigenvalue weighted by atomic mass is 16.7. The maximum atomic E-state index is 12.0. The zero-order chi connectivity index (χ0) is 13.3. The number of carbonyl (C=O) groups excluding carboxylic acids is 1. The van der Waals surface area contributed by atoms with Gasteiger partial charge in [0.2, 0.25) is 0 Å². The van der Waals surface area contributed by atoms with Crippen LogP contribution in [-0.4, -0.2) is 29.3 Å². The van der Waals surface area contributed by atoms with E-state index in [0.717, 1.165) is 24.8 Å². The summed E-state index contributed by atoms with van der Waals surface area (Å²) in [5.74, 6) is -0.165. The number of carbonyl (C=O) groups is 1. The third-order valence-corrected chi connectivity index (χ3v) is 3.77. The summed E-state index contributed by atoms with van der Waals surface area (Å²) in [6.07, 6.45) is 2.86. The number of hydroxylamine groups is 2. The largest absolute Gasteiger partial charge is 0.465 e. The van der Waals surface area contributed by atoms with Crippen molar-refractivity contribution in [2.45, 2.75) is 44.4 Å². The van der Waals surface area contributed by atoms with Crippen molar-refractivity contribution in [3.63, 3.8) is 0 Å². The Morgan fingerprint density at radius 3 is 2.79 bits per heavy atom. The summed E-state index contributed by atoms with van der Waals surface area (Å²) in [4.78, 5) is 18.0. The van der Waals surface area contributed by atoms with E-state index < -0.39 is 0 Å². The van der Waals surface area contributed by atoms with Gasteiger partial charge in [-0.3, -0.25) is 9.63 Å². The molecule has 0 radical (unpaired) electrons. The van der Waals surface area contributed by atoms with E-state index in [1.165, 1.54) is 0 Å². The number of hydrogen-bond acceptors (Lipinski definition) is 4. The molecule has 1 aromatic rings. The van der Waals surface area contributed by atoms with Crippen molar-refractivity contribution >= 4 is 5.97 Å². The number of ether oxygens (including phenoxy) is 1. The van der Waals surface area contributed by atoms with Crippen molar-refractivity contribution in [3.05, 3.63) is 35.9 Å². The van der Waals surface area contributed by atoms with Crippen molar-refractivity contribution in [2.75, 3.05) is 6.61 Å². The fourth-order valence-corrected chi connectivity index (χ4v) is 2.58. The summed E-state index contributed by atoms with van der Waals surface area (Å²) in [5.41, 5.74) is 1.07. The third kappa shape index (κ3) is 2.65. The molecule has 3 rings (SSSR count). The lowest BCUT2D eigenvalue weighted by molar-refractivity contribution is -0.192. The van der Waals surface area contributed by atoms with E-state index in [-0.39, 0.29) is 17.6 Å². The first-order valence-corrected chi connectivity index (χ1v) is 6.89. The molecule has 1 aliphatic carbocycles. The number of benzene rings is 1. The highest BCUT2D eigenvalue weighted by Gasteiger charge is 2.56. The molecule has 1 saturated carbocycles. The Morgan fingerprint density at radius 2 is 2.16 bits per heavy atom. The van der Waals surface area contributed by atoms with Gasteiger partial charge in [0, 0.05) is 6.42 Å². The van der Waals surface area contributed by atoms with Crippen LogP contribution in [0, 0.1) is 0 Å². The maximum absolute atomic E-state index is 12.0. The average Bonchev–Trinajstić information content (AvgIpc) is 3.06. The van der Waals surface area contributed by atoms with Gasteiger partial charge < -0.3 is 4.74 Å². The molecular weight excluding hydrogens is 242 g/mol. The topological polar surface area (TPSA) is 38.8 Å². The van der Waals surface area contributed by atoms with Crippen LogP contribution in [-0.2, 0) is 20.9 Å². The summed E-state index contributed by atoms with van der Waals surface area (Å²) >= 11 is 0. The molecule has 19 heavy (non-hydrogen) atoms. The fraction of sp³-hybridized carbons (Fsp3) is 0.533. The van der Waals surface area contributed by atoms with Gasteiger partial charge in [0.15, 0.2) is 0 Å². The van der Waals surface area contributed by atoms with Gasteiger partial charge in [0.1, 0.15) is 6.04 Å². The van der Waals surface area contributed by atoms with Crippen molar-refractivity contribution in [1.29, 1.82) is 0 Å². The summed E-state index contributed by atoms with van der Waals surface area (Å²) < 4.78 is 5.15. The first-order valence-electron chi connectivity index (χ1n) is 6.89. The SMILES string of the molecule is CCOC(=O)C1CC2(CC2)ON1Cc1ccccc1. The number of nitrogens with zero attached hydrogens (tertiary/aromatic N) is 1. The molecule has 0 amide bonds. The fourth-order valence-electron chi connectivity index (χ4n) is 2.58. The quantitative estimate of drug-likeness (QED) is 0.779. The van der Waals surface area contributed by atoms with Crippen LogP contribution in [0.4, 0.5) is 0 Å². The second-order valence-corrected chi connectivity index (χ2v) is 5.31. The molecule has 0 bridgehead atoms. The minimum atomic E-state index is -0.261. The normalized spacial score (nSPS) is 24.6. The Morgan fingerprint density at radius 1 is 1.42 bits per heavy atom. The number of rotatable bonds is 4. The Hall–Kier alpha value is -1.39. The predicted octanol–water partition coefficient (Wildman–Crippen LogP) is 2.29. The Kier molecular flexibility index (Phi) is 3.29. The standard InChI is InChI=1S/C15H19NO3/c1-2-18-14(17)13-10-15(8-9-15)19-16(13)11-12-6-4-3-5-7-12/h3-7,13H,2,8-11H2,1H3. The van der Waals surface area contributed by atoms with Crippen molar-refractivity contribution in [3.8, 4) is 0 Å². The molecule has 0 aromatic heterocycles. The van der Waals surface area contributed by atoms with E-state index in [1.54, 1.807) is 5.06 Å². The first-order chi connectivity index (χ1) is 9.22. The van der Waals surface area contributed by atoms with Gasteiger partial charge in [-0.15, -0.1) is 0 Å². The van der Waals surface area contributed by atoms with E-state index in [9.17, 15) is 4.79 Å². The second kappa shape index (κ2) is 4.94. The van der Waals surface area contributed by atoms with Crippen LogP contribution in [0.2, 0.25) is 0 Å². The highest BCUT2D eigenvalue weighted by Crippen LogP contribution is 2.50. The van der Waals surface area contributed by atoms with Crippen LogP contribution in [0.1, 0.15) is 31.7 Å². The van der Waals surface area contributed by atoms with Crippen molar-refractivity contribution in [1.82, 2.24) is 5.06 Å². The lowest BCUT2D eigenvalue weighted by atomic mass is 10.1. The summed E-state index contributed by atoms with van der Waals surface area (Å²) in [5, 5.41) is 1.81. The van der Waals surface area contributed by atoms with Crippen LogP contribution < -0.4 is 0 Å². The number of hydrogen-bond donors (Lipinski definition) is 0. The Balaban J connectivity index is 1.72. The monoisotopic (exact) mass is 261 g/mol. The molecule has 1 atom stereocenters. The zero-order valence-electron chi connectivity index (χ0n) is 11.2. The van der Waals surface area contributed by atoms with Gasteiger partial charge in [0.25, 0.3) is 0 Å². The number of esters is 1. The van der Waals surface area contributed by atoms with Gasteiger partial charge >= 0.3 is 5.97 Å². The van der Waals surface area contributed by atoms with Gasteiger partial charge in [-0.25, -0.2) is 0 Å². The zero-order valence-corrected chi connectivity index (χ0v) is 11.2. The molecule has 1 aliphatic heterocycles. The van der Waals surface area contributed by atoms with E-state index >= 15 is 0 Å². The van der Waals surface area contributed by atoms with E-state index in [1.807, 2.05) is 37.3 Å². The molecule has 102 valence electrons. The van der Waals surface area contributed by atoms with Gasteiger partial charge in [0.05, 0.1) is 18.8 Å². The molecule has 1 heterocycles. The Labute approximate surface area is 113 Å². The molecule has 1 unspecified atom stereocenters. The smallest absolute Gasteiger partial charge is 0.325 e. The van der Waals surface area contributed by atoms with Crippen LogP contribution in [0.3, 0.4) is 0 Å². The van der Waals surface area contributed by atoms with E-state index in [4.69, 9.17) is 9.57 Å². The molecule has 1 aromatic carbocycles. The lowest BCUT2D eigenvalue weighted by Crippen LogP contribution is -2.36. The minimum Gasteiger partial charge on any atom is -0.465 e. The average molecular weight is 261 g/mol. The molecule has 0 N–H and O–H groups in total. The summed E-state index contributed by atoms with van der Waals surface area (Å²) in [6, 6.07) is 9.81. The Bertz CT molecular complexity index is 456. The first kappa shape index (κ1) is 12.6. The maximum Gasteiger partial charge on any atom is 0.325 e. The molecular formula is C15H19NO3. The van der Waals surface area contributed by atoms with Gasteiger partial charge in [-0.2, -0.15) is 5.06 Å². The van der Waals surface area contributed by atoms with E-state index in [2.05, 4.69) is 0 Å². The minimum absolute atomic E-state index is 0.0772. The highest BCUT2D eigenvalue weighted by molar-refractivity contribution is 5.76. The summed E-state index contributed by atoms with van der Waals surface area (Å²) in [6.45, 7) is 2.88. The van der Waals surface area contributed by atoms with Crippen LogP contribution in [0.15, 0.2) is 30.3 Å². The second-order valence-electron chi connectivity index (χ2n) is 5.31. The van der Waals surface area contributed by atoms with Crippen molar-refractivity contribution < 1.29 is 14.4 Å². The molecule has 1 spiro atoms. The van der Waals surface area contributed by atoms with Gasteiger partial charge in [-0.1, -0.05) is 30.3 Å². The molecule has 2 fully saturated rings. The molecule has 1 saturated heterocycles. The lowest BCUT2D eigenvalue weighted by Gasteiger charge is -2.21. The van der Waals surface area contributed by atoms with Gasteiger partial charge in [-0.05, 0) is 25.3 Å². The van der Waals surface area contributed by atoms with Crippen molar-refractivity contribution in [2.24, 2.45) is 0 Å². The predicted molar refractivity (Wildman–Crippen MR) is 70.1 cm³/mol. The summed E-state index contributed by atoms with van der Waals surface area (Å²) in [7, 11) is 0. The van der Waals surface area contributed by atoms with E-state index in [0.29, 0.717) is 13.2 Å². The molecule has 4 heteroatoms. The molecule has 2 aliphatic rings. The van der Waals surface area contributed by atoms with Crippen LogP contribution >= 0.6 is 0 Å².